The molecule has 9 nitrogen and oxygen atoms in total. The zero-order chi connectivity index (χ0) is 39.5. The van der Waals surface area contributed by atoms with E-state index < -0.39 is 30.6 Å². The van der Waals surface area contributed by atoms with Crippen molar-refractivity contribution in [1.29, 1.82) is 0 Å². The first-order chi connectivity index (χ1) is 28.6. The van der Waals surface area contributed by atoms with Gasteiger partial charge in [-0.05, 0) is 58.7 Å². The summed E-state index contributed by atoms with van der Waals surface area (Å²) in [4.78, 5) is 19.1. The van der Waals surface area contributed by atoms with E-state index in [9.17, 15) is 4.79 Å². The maximum absolute atomic E-state index is 14.3. The van der Waals surface area contributed by atoms with Crippen LogP contribution in [0.2, 0.25) is 0 Å². The normalized spacial score (nSPS) is 19.2. The molecule has 0 amide bonds. The van der Waals surface area contributed by atoms with Crippen molar-refractivity contribution in [3.8, 4) is 5.75 Å². The van der Waals surface area contributed by atoms with Crippen LogP contribution < -0.4 is 4.74 Å². The summed E-state index contributed by atoms with van der Waals surface area (Å²) in [7, 11) is 1.60. The summed E-state index contributed by atoms with van der Waals surface area (Å²) in [5, 5.41) is 0.690. The van der Waals surface area contributed by atoms with Gasteiger partial charge in [0.05, 0.1) is 40.1 Å². The van der Waals surface area contributed by atoms with E-state index in [4.69, 9.17) is 33.4 Å². The standard InChI is InChI=1S/C49H46N2O7/c1-53-40-26-24-39(25-27-40)44(52)42-29-51(48-41(42)23-14-28-50-48)49-47(57-33-38-21-12-5-13-22-38)46(56-32-37-19-10-4-11-20-37)45(55-31-36-17-8-3-9-18-36)43(58-49)34-54-30-35-15-6-2-7-16-35/h2-29,43,45-47,49H,30-34H2,1H3/t43-,45-,46+,47-,49-/m1/s1. The van der Waals surface area contributed by atoms with Gasteiger partial charge in [0.15, 0.2) is 12.0 Å². The van der Waals surface area contributed by atoms with Gasteiger partial charge in [0, 0.05) is 28.9 Å². The molecule has 58 heavy (non-hydrogen) atoms. The number of ether oxygens (including phenoxy) is 6. The number of carbonyl (C=O) groups excluding carboxylic acids is 1. The fourth-order valence-electron chi connectivity index (χ4n) is 7.34. The molecule has 9 heteroatoms. The Kier molecular flexibility index (Phi) is 12.7. The second-order valence-electron chi connectivity index (χ2n) is 14.2. The minimum absolute atomic E-state index is 0.152. The first kappa shape index (κ1) is 38.9. The molecule has 0 N–H and O–H groups in total. The van der Waals surface area contributed by atoms with Gasteiger partial charge < -0.3 is 33.0 Å². The highest BCUT2D eigenvalue weighted by Gasteiger charge is 2.50. The number of methoxy groups -OCH3 is 1. The molecular weight excluding hydrogens is 729 g/mol. The highest BCUT2D eigenvalue weighted by Crippen LogP contribution is 2.38. The lowest BCUT2D eigenvalue weighted by Crippen LogP contribution is -2.59. The van der Waals surface area contributed by atoms with Crippen LogP contribution in [0, 0.1) is 0 Å². The predicted octanol–water partition coefficient (Wildman–Crippen LogP) is 9.15. The molecule has 0 saturated carbocycles. The van der Waals surface area contributed by atoms with Gasteiger partial charge in [-0.1, -0.05) is 121 Å². The maximum atomic E-state index is 14.3. The summed E-state index contributed by atoms with van der Waals surface area (Å²) in [5.74, 6) is 0.515. The molecule has 0 bridgehead atoms. The SMILES string of the molecule is COc1ccc(C(=O)c2cn([C@@H]3O[C@H](COCc4ccccc4)[C@@H](OCc4ccccc4)[C@H](OCc4ccccc4)[C@H]3OCc3ccccc3)c3ncccc23)cc1. The van der Waals surface area contributed by atoms with Crippen molar-refractivity contribution < 1.29 is 33.2 Å². The van der Waals surface area contributed by atoms with E-state index in [1.165, 1.54) is 0 Å². The largest absolute Gasteiger partial charge is 0.497 e. The Balaban J connectivity index is 1.22. The van der Waals surface area contributed by atoms with E-state index in [1.807, 2.05) is 144 Å². The third-order valence-electron chi connectivity index (χ3n) is 10.3. The lowest BCUT2D eigenvalue weighted by atomic mass is 9.96. The van der Waals surface area contributed by atoms with Gasteiger partial charge >= 0.3 is 0 Å². The molecule has 0 unspecified atom stereocenters. The van der Waals surface area contributed by atoms with Crippen molar-refractivity contribution in [3.05, 3.63) is 203 Å². The van der Waals surface area contributed by atoms with Gasteiger partial charge in [-0.2, -0.15) is 0 Å². The van der Waals surface area contributed by atoms with E-state index >= 15 is 0 Å². The van der Waals surface area contributed by atoms with E-state index in [-0.39, 0.29) is 19.0 Å². The van der Waals surface area contributed by atoms with E-state index in [0.29, 0.717) is 47.7 Å². The predicted molar refractivity (Wildman–Crippen MR) is 221 cm³/mol. The maximum Gasteiger partial charge on any atom is 0.195 e. The van der Waals surface area contributed by atoms with Crippen LogP contribution >= 0.6 is 0 Å². The summed E-state index contributed by atoms with van der Waals surface area (Å²) in [5.41, 5.74) is 5.64. The Morgan fingerprint density at radius 1 is 0.603 bits per heavy atom. The van der Waals surface area contributed by atoms with Crippen molar-refractivity contribution in [2.75, 3.05) is 13.7 Å². The molecule has 5 atom stereocenters. The summed E-state index contributed by atoms with van der Waals surface area (Å²) in [6, 6.07) is 51.0. The first-order valence-electron chi connectivity index (χ1n) is 19.5. The molecule has 1 saturated heterocycles. The number of ketones is 1. The number of hydrogen-bond donors (Lipinski definition) is 0. The molecule has 0 aliphatic carbocycles. The zero-order valence-corrected chi connectivity index (χ0v) is 32.3. The number of carbonyl (C=O) groups is 1. The minimum Gasteiger partial charge on any atom is -0.497 e. The van der Waals surface area contributed by atoms with Crippen LogP contribution in [-0.4, -0.2) is 53.5 Å². The lowest BCUT2D eigenvalue weighted by molar-refractivity contribution is -0.289. The Morgan fingerprint density at radius 3 is 1.67 bits per heavy atom. The van der Waals surface area contributed by atoms with Crippen molar-refractivity contribution in [2.45, 2.75) is 57.1 Å². The number of fused-ring (bicyclic) bond motifs is 1. The summed E-state index contributed by atoms with van der Waals surface area (Å²) in [6.45, 7) is 1.49. The van der Waals surface area contributed by atoms with Gasteiger partial charge in [-0.25, -0.2) is 4.98 Å². The van der Waals surface area contributed by atoms with Gasteiger partial charge in [0.25, 0.3) is 0 Å². The number of benzene rings is 5. The fraction of sp³-hybridized carbons (Fsp3) is 0.224. The van der Waals surface area contributed by atoms with Gasteiger partial charge in [0.2, 0.25) is 0 Å². The van der Waals surface area contributed by atoms with Gasteiger partial charge in [-0.15, -0.1) is 0 Å². The Labute approximate surface area is 338 Å². The van der Waals surface area contributed by atoms with Crippen LogP contribution in [0.3, 0.4) is 0 Å². The monoisotopic (exact) mass is 774 g/mol. The van der Waals surface area contributed by atoms with Crippen LogP contribution in [0.4, 0.5) is 0 Å². The quantitative estimate of drug-likeness (QED) is 0.0847. The summed E-state index contributed by atoms with van der Waals surface area (Å²) in [6.07, 6.45) is 0.133. The summed E-state index contributed by atoms with van der Waals surface area (Å²) < 4.78 is 41.7. The van der Waals surface area contributed by atoms with Crippen molar-refractivity contribution in [2.24, 2.45) is 0 Å². The topological polar surface area (TPSA) is 90.3 Å². The van der Waals surface area contributed by atoms with Gasteiger partial charge in [0.1, 0.15) is 35.8 Å². The Bertz CT molecular complexity index is 2340. The van der Waals surface area contributed by atoms with E-state index in [1.54, 1.807) is 37.6 Å². The number of rotatable bonds is 17. The Morgan fingerprint density at radius 2 is 1.12 bits per heavy atom. The zero-order valence-electron chi connectivity index (χ0n) is 32.3. The average molecular weight is 775 g/mol. The highest BCUT2D eigenvalue weighted by atomic mass is 16.6. The number of pyridine rings is 1. The molecule has 8 rings (SSSR count). The molecular formula is C49H46N2O7. The van der Waals surface area contributed by atoms with Crippen LogP contribution in [0.15, 0.2) is 170 Å². The first-order valence-corrected chi connectivity index (χ1v) is 19.5. The van der Waals surface area contributed by atoms with Crippen LogP contribution in [0.25, 0.3) is 11.0 Å². The molecule has 2 aromatic heterocycles. The number of hydrogen-bond acceptors (Lipinski definition) is 8. The molecule has 1 aliphatic heterocycles. The van der Waals surface area contributed by atoms with E-state index in [2.05, 4.69) is 0 Å². The molecule has 3 heterocycles. The molecule has 7 aromatic rings. The van der Waals surface area contributed by atoms with Crippen LogP contribution in [0.1, 0.15) is 44.4 Å². The molecule has 0 spiro atoms. The number of aromatic nitrogens is 2. The molecule has 294 valence electrons. The van der Waals surface area contributed by atoms with Crippen LogP contribution in [-0.2, 0) is 50.1 Å². The lowest BCUT2D eigenvalue weighted by Gasteiger charge is -2.46. The minimum atomic E-state index is -0.804. The third-order valence-corrected chi connectivity index (χ3v) is 10.3. The second-order valence-corrected chi connectivity index (χ2v) is 14.2. The second kappa shape index (κ2) is 19.0. The fourth-order valence-corrected chi connectivity index (χ4v) is 7.34. The van der Waals surface area contributed by atoms with Crippen LogP contribution in [0.5, 0.6) is 5.75 Å². The van der Waals surface area contributed by atoms with E-state index in [0.717, 1.165) is 22.3 Å². The Hall–Kier alpha value is -5.94. The van der Waals surface area contributed by atoms with Crippen molar-refractivity contribution in [1.82, 2.24) is 9.55 Å². The highest BCUT2D eigenvalue weighted by molar-refractivity contribution is 6.16. The smallest absolute Gasteiger partial charge is 0.195 e. The van der Waals surface area contributed by atoms with Gasteiger partial charge in [-0.3, -0.25) is 4.79 Å². The number of nitrogens with zero attached hydrogens (tertiary/aromatic N) is 2. The summed E-state index contributed by atoms with van der Waals surface area (Å²) >= 11 is 0. The molecule has 0 radical (unpaired) electrons. The molecule has 5 aromatic carbocycles. The van der Waals surface area contributed by atoms with Crippen molar-refractivity contribution >= 4 is 16.8 Å². The van der Waals surface area contributed by atoms with Crippen molar-refractivity contribution in [3.63, 3.8) is 0 Å². The molecule has 1 fully saturated rings. The third kappa shape index (κ3) is 9.26. The average Bonchev–Trinajstić information content (AvgIpc) is 3.68. The molecule has 1 aliphatic rings.